The Labute approximate surface area is 162 Å². The van der Waals surface area contributed by atoms with Crippen LogP contribution in [0.1, 0.15) is 43.7 Å². The van der Waals surface area contributed by atoms with Crippen LogP contribution in [0.5, 0.6) is 0 Å². The summed E-state index contributed by atoms with van der Waals surface area (Å²) in [7, 11) is 1.75. The standard InChI is InChI=1S/C19H22BrNO3S/c1-3-24-17(22)19(21-12-25)16-10-14(20)5-4-13(16)11-18(19)8-6-15(23-2)7-9-18/h4-5,10,15H,3,6-9,11H2,1-2H3. The second-order valence-corrected chi connectivity index (χ2v) is 7.93. The Morgan fingerprint density at radius 3 is 2.76 bits per heavy atom. The molecule has 3 rings (SSSR count). The van der Waals surface area contributed by atoms with Gasteiger partial charge in [-0.3, -0.25) is 0 Å². The van der Waals surface area contributed by atoms with Gasteiger partial charge in [0.1, 0.15) is 0 Å². The second kappa shape index (κ2) is 7.28. The first-order valence-electron chi connectivity index (χ1n) is 8.61. The van der Waals surface area contributed by atoms with Gasteiger partial charge >= 0.3 is 5.97 Å². The summed E-state index contributed by atoms with van der Waals surface area (Å²) >= 11 is 8.49. The normalized spacial score (nSPS) is 30.6. The van der Waals surface area contributed by atoms with Gasteiger partial charge < -0.3 is 9.47 Å². The molecule has 25 heavy (non-hydrogen) atoms. The number of halogens is 1. The van der Waals surface area contributed by atoms with Gasteiger partial charge in [0.2, 0.25) is 0 Å². The van der Waals surface area contributed by atoms with Crippen molar-refractivity contribution in [2.75, 3.05) is 13.7 Å². The molecule has 1 aromatic carbocycles. The Bertz CT molecular complexity index is 723. The molecule has 1 aromatic rings. The zero-order valence-corrected chi connectivity index (χ0v) is 16.9. The van der Waals surface area contributed by atoms with E-state index in [4.69, 9.17) is 21.7 Å². The van der Waals surface area contributed by atoms with Gasteiger partial charge in [-0.2, -0.15) is 0 Å². The molecule has 0 bridgehead atoms. The van der Waals surface area contributed by atoms with Gasteiger partial charge in [-0.15, -0.1) is 0 Å². The fraction of sp³-hybridized carbons (Fsp3) is 0.579. The number of thiocarbonyl (C=S) groups is 1. The van der Waals surface area contributed by atoms with E-state index in [0.717, 1.165) is 47.7 Å². The minimum absolute atomic E-state index is 0.234. The lowest BCUT2D eigenvalue weighted by Gasteiger charge is -2.45. The minimum atomic E-state index is -1.11. The van der Waals surface area contributed by atoms with Crippen molar-refractivity contribution in [3.05, 3.63) is 33.8 Å². The van der Waals surface area contributed by atoms with Gasteiger partial charge in [-0.25, -0.2) is 9.79 Å². The van der Waals surface area contributed by atoms with Crippen LogP contribution >= 0.6 is 28.1 Å². The lowest BCUT2D eigenvalue weighted by atomic mass is 9.61. The van der Waals surface area contributed by atoms with Crippen molar-refractivity contribution in [3.63, 3.8) is 0 Å². The molecule has 1 atom stereocenters. The number of aliphatic imine (C=N–C) groups is 1. The number of carbonyl (C=O) groups excluding carboxylic acids is 1. The Hall–Kier alpha value is -1.07. The number of fused-ring (bicyclic) bond motifs is 1. The molecule has 1 saturated carbocycles. The first kappa shape index (κ1) is 18.7. The predicted octanol–water partition coefficient (Wildman–Crippen LogP) is 4.44. The van der Waals surface area contributed by atoms with Gasteiger partial charge in [0.05, 0.1) is 17.9 Å². The van der Waals surface area contributed by atoms with Crippen LogP contribution in [0.25, 0.3) is 0 Å². The maximum atomic E-state index is 13.2. The van der Waals surface area contributed by atoms with E-state index in [1.54, 1.807) is 7.11 Å². The highest BCUT2D eigenvalue weighted by Gasteiger charge is 2.64. The summed E-state index contributed by atoms with van der Waals surface area (Å²) in [4.78, 5) is 17.7. The molecule has 134 valence electrons. The zero-order chi connectivity index (χ0) is 18.1. The quantitative estimate of drug-likeness (QED) is 0.407. The molecule has 4 nitrogen and oxygen atoms in total. The van der Waals surface area contributed by atoms with Crippen molar-refractivity contribution >= 4 is 39.3 Å². The van der Waals surface area contributed by atoms with Gasteiger partial charge in [-0.05, 0) is 74.5 Å². The molecule has 0 saturated heterocycles. The number of hydrogen-bond acceptors (Lipinski definition) is 5. The summed E-state index contributed by atoms with van der Waals surface area (Å²) in [5, 5.41) is 2.51. The average molecular weight is 424 g/mol. The van der Waals surface area contributed by atoms with Crippen LogP contribution in [0.3, 0.4) is 0 Å². The van der Waals surface area contributed by atoms with E-state index < -0.39 is 5.54 Å². The highest BCUT2D eigenvalue weighted by molar-refractivity contribution is 9.10. The number of hydrogen-bond donors (Lipinski definition) is 0. The molecular weight excluding hydrogens is 402 g/mol. The summed E-state index contributed by atoms with van der Waals surface area (Å²) in [6.07, 6.45) is 4.52. The third kappa shape index (κ3) is 2.89. The van der Waals surface area contributed by atoms with Crippen LogP contribution < -0.4 is 0 Å². The summed E-state index contributed by atoms with van der Waals surface area (Å²) in [5.41, 5.74) is 0.598. The summed E-state index contributed by atoms with van der Waals surface area (Å²) < 4.78 is 11.9. The minimum Gasteiger partial charge on any atom is -0.464 e. The van der Waals surface area contributed by atoms with Gasteiger partial charge in [0.15, 0.2) is 5.54 Å². The molecule has 0 heterocycles. The number of benzene rings is 1. The number of esters is 1. The van der Waals surface area contributed by atoms with E-state index in [0.29, 0.717) is 6.61 Å². The van der Waals surface area contributed by atoms with Crippen molar-refractivity contribution < 1.29 is 14.3 Å². The maximum absolute atomic E-state index is 13.2. The molecule has 1 unspecified atom stereocenters. The molecule has 2 aliphatic rings. The Morgan fingerprint density at radius 1 is 1.44 bits per heavy atom. The van der Waals surface area contributed by atoms with Crippen LogP contribution in [0.4, 0.5) is 0 Å². The predicted molar refractivity (Wildman–Crippen MR) is 103 cm³/mol. The topological polar surface area (TPSA) is 47.9 Å². The highest BCUT2D eigenvalue weighted by Crippen LogP contribution is 2.60. The molecule has 0 amide bonds. The molecule has 2 aliphatic carbocycles. The Morgan fingerprint density at radius 2 is 2.16 bits per heavy atom. The maximum Gasteiger partial charge on any atom is 0.340 e. The number of carbonyl (C=O) groups is 1. The van der Waals surface area contributed by atoms with E-state index in [1.807, 2.05) is 19.1 Å². The molecule has 0 aromatic heterocycles. The van der Waals surface area contributed by atoms with Crippen LogP contribution in [-0.2, 0) is 26.2 Å². The summed E-state index contributed by atoms with van der Waals surface area (Å²) in [6, 6.07) is 6.07. The monoisotopic (exact) mass is 423 g/mol. The lowest BCUT2D eigenvalue weighted by Crippen LogP contribution is -2.51. The molecule has 0 radical (unpaired) electrons. The molecular formula is C19H22BrNO3S. The summed E-state index contributed by atoms with van der Waals surface area (Å²) in [5.74, 6) is -0.319. The van der Waals surface area contributed by atoms with Gasteiger partial charge in [0, 0.05) is 17.0 Å². The fourth-order valence-corrected chi connectivity index (χ4v) is 5.09. The van der Waals surface area contributed by atoms with E-state index in [1.165, 1.54) is 0 Å². The Kier molecular flexibility index (Phi) is 5.45. The smallest absolute Gasteiger partial charge is 0.340 e. The van der Waals surface area contributed by atoms with Crippen LogP contribution in [0.15, 0.2) is 27.7 Å². The second-order valence-electron chi connectivity index (χ2n) is 6.83. The van der Waals surface area contributed by atoms with Crippen LogP contribution in [0, 0.1) is 5.41 Å². The third-order valence-electron chi connectivity index (χ3n) is 5.77. The lowest BCUT2D eigenvalue weighted by molar-refractivity contribution is -0.157. The number of rotatable bonds is 4. The fourth-order valence-electron chi connectivity index (χ4n) is 4.59. The summed E-state index contributed by atoms with van der Waals surface area (Å²) in [6.45, 7) is 2.13. The number of nitrogens with zero attached hydrogens (tertiary/aromatic N) is 1. The van der Waals surface area contributed by atoms with Crippen molar-refractivity contribution in [2.45, 2.75) is 50.7 Å². The van der Waals surface area contributed by atoms with E-state index >= 15 is 0 Å². The number of isothiocyanates is 1. The van der Waals surface area contributed by atoms with Crippen molar-refractivity contribution in [3.8, 4) is 0 Å². The van der Waals surface area contributed by atoms with Crippen molar-refractivity contribution in [2.24, 2.45) is 10.4 Å². The zero-order valence-electron chi connectivity index (χ0n) is 14.5. The van der Waals surface area contributed by atoms with Crippen molar-refractivity contribution in [1.29, 1.82) is 0 Å². The molecule has 1 fully saturated rings. The van der Waals surface area contributed by atoms with E-state index in [9.17, 15) is 4.79 Å². The van der Waals surface area contributed by atoms with Crippen LogP contribution in [-0.4, -0.2) is 31.0 Å². The van der Waals surface area contributed by atoms with Crippen molar-refractivity contribution in [1.82, 2.24) is 0 Å². The Balaban J connectivity index is 2.18. The van der Waals surface area contributed by atoms with Gasteiger partial charge in [-0.1, -0.05) is 22.0 Å². The van der Waals surface area contributed by atoms with E-state index in [-0.39, 0.29) is 17.5 Å². The average Bonchev–Trinajstić information content (AvgIpc) is 2.86. The number of ether oxygens (including phenoxy) is 2. The molecule has 1 spiro atoms. The molecule has 0 N–H and O–H groups in total. The SMILES string of the molecule is CCOC(=O)C1(N=C=S)c2cc(Br)ccc2CC12CCC(OC)CC2. The van der Waals surface area contributed by atoms with Crippen LogP contribution in [0.2, 0.25) is 0 Å². The first-order chi connectivity index (χ1) is 12.0. The van der Waals surface area contributed by atoms with Gasteiger partial charge in [0.25, 0.3) is 0 Å². The first-order valence-corrected chi connectivity index (χ1v) is 9.81. The molecule has 6 heteroatoms. The number of methoxy groups -OCH3 is 1. The highest BCUT2D eigenvalue weighted by atomic mass is 79.9. The largest absolute Gasteiger partial charge is 0.464 e. The molecule has 0 aliphatic heterocycles. The third-order valence-corrected chi connectivity index (χ3v) is 6.35. The van der Waals surface area contributed by atoms with E-state index in [2.05, 4.69) is 32.1 Å².